The number of nitrogens with one attached hydrogen (secondary N) is 1. The third-order valence-electron chi connectivity index (χ3n) is 3.56. The van der Waals surface area contributed by atoms with Crippen LogP contribution in [0.1, 0.15) is 6.92 Å². The summed E-state index contributed by atoms with van der Waals surface area (Å²) in [5.74, 6) is -0.922. The molecule has 2 heterocycles. The molecule has 1 saturated heterocycles. The number of allylic oxidation sites excluding steroid dienone is 1. The number of phosphoric acid groups is 3. The van der Waals surface area contributed by atoms with E-state index in [0.29, 0.717) is 0 Å². The molecule has 30 heavy (non-hydrogen) atoms. The van der Waals surface area contributed by atoms with E-state index in [4.69, 9.17) is 31.6 Å². The lowest BCUT2D eigenvalue weighted by Crippen LogP contribution is -2.56. The van der Waals surface area contributed by atoms with Gasteiger partial charge < -0.3 is 39.8 Å². The Labute approximate surface area is 172 Å². The number of halogens is 1. The monoisotopic (exact) mass is 516 g/mol. The summed E-state index contributed by atoms with van der Waals surface area (Å²) in [6.45, 7) is 4.30. The quantitative estimate of drug-likeness (QED) is 0.169. The van der Waals surface area contributed by atoms with Crippen molar-refractivity contribution in [2.75, 3.05) is 0 Å². The molecule has 1 fully saturated rings. The highest BCUT2D eigenvalue weighted by molar-refractivity contribution is 7.80. The van der Waals surface area contributed by atoms with Crippen LogP contribution in [-0.2, 0) is 31.6 Å². The van der Waals surface area contributed by atoms with Gasteiger partial charge in [0.2, 0.25) is 6.29 Å². The van der Waals surface area contributed by atoms with Gasteiger partial charge in [0.1, 0.15) is 11.7 Å². The van der Waals surface area contributed by atoms with Crippen LogP contribution >= 0.6 is 35.7 Å². The molecule has 0 aromatic rings. The fourth-order valence-corrected chi connectivity index (χ4v) is 5.67. The number of hydrogen-bond acceptors (Lipinski definition) is 10. The largest absolute Gasteiger partial charge is 0.490 e. The van der Waals surface area contributed by atoms with E-state index in [0.717, 1.165) is 18.0 Å². The van der Waals surface area contributed by atoms with Crippen LogP contribution in [0.5, 0.6) is 0 Å². The second-order valence-electron chi connectivity index (χ2n) is 6.02. The Morgan fingerprint density at radius 2 is 1.83 bits per heavy atom. The van der Waals surface area contributed by atoms with Crippen LogP contribution in [0.3, 0.4) is 0 Å². The highest BCUT2D eigenvalue weighted by Gasteiger charge is 2.58. The molecule has 2 rings (SSSR count). The summed E-state index contributed by atoms with van der Waals surface area (Å²) in [5.41, 5.74) is -2.53. The first-order valence-corrected chi connectivity index (χ1v) is 12.3. The molecule has 4 unspecified atom stereocenters. The highest BCUT2D eigenvalue weighted by Crippen LogP contribution is 2.67. The second kappa shape index (κ2) is 8.39. The Balaban J connectivity index is 2.21. The number of hydrogen-bond donors (Lipinski definition) is 7. The third kappa shape index (κ3) is 6.00. The normalized spacial score (nSPS) is 34.2. The Morgan fingerprint density at radius 1 is 1.27 bits per heavy atom. The number of phosphoric ester groups is 1. The minimum atomic E-state index is -5.82. The summed E-state index contributed by atoms with van der Waals surface area (Å²) in [6, 6.07) is 0. The van der Waals surface area contributed by atoms with Crippen LogP contribution < -0.4 is 5.32 Å². The summed E-state index contributed by atoms with van der Waals surface area (Å²) < 4.78 is 64.2. The lowest BCUT2D eigenvalue weighted by atomic mass is 9.99. The van der Waals surface area contributed by atoms with Crippen molar-refractivity contribution in [2.45, 2.75) is 31.1 Å². The molecule has 0 bridgehead atoms. The number of nitrogens with zero attached hydrogens (tertiary/aromatic N) is 1. The number of aliphatic hydroxyl groups is 2. The molecule has 15 nitrogen and oxygen atoms in total. The van der Waals surface area contributed by atoms with Gasteiger partial charge in [-0.15, -0.1) is 0 Å². The Hall–Kier alpha value is -0.610. The van der Waals surface area contributed by atoms with Crippen LogP contribution in [0, 0.1) is 0 Å². The first kappa shape index (κ1) is 25.6. The van der Waals surface area contributed by atoms with E-state index >= 15 is 0 Å². The van der Waals surface area contributed by atoms with E-state index in [1.54, 1.807) is 0 Å². The molecular weight excluding hydrogens is 500 g/mol. The Bertz CT molecular complexity index is 921. The van der Waals surface area contributed by atoms with Gasteiger partial charge in [-0.2, -0.15) is 8.62 Å². The standard InChI is InChI=1S/C10H16FN2O13P3S/c1-4-5(11)3-13(9(30)12-4)8-10(2,15)6(14)7(23-8)24-28(19,20)26-29(21,22)25-27(16,17)18/h3,6-8,14-15H,1H2,2H3,(H,12,30)(H,19,20)(H,21,22)(H2,16,17,18)/t6?,7?,8-,10-/m1/s1. The molecule has 0 aliphatic carbocycles. The highest BCUT2D eigenvalue weighted by atomic mass is 32.1. The summed E-state index contributed by atoms with van der Waals surface area (Å²) in [4.78, 5) is 36.5. The van der Waals surface area contributed by atoms with Crippen molar-refractivity contribution in [1.29, 1.82) is 0 Å². The van der Waals surface area contributed by atoms with E-state index in [2.05, 4.69) is 25.0 Å². The summed E-state index contributed by atoms with van der Waals surface area (Å²) in [7, 11) is -17.1. The topological polar surface area (TPSA) is 225 Å². The molecule has 172 valence electrons. The van der Waals surface area contributed by atoms with Crippen LogP contribution in [-0.4, -0.2) is 64.0 Å². The Morgan fingerprint density at radius 3 is 2.37 bits per heavy atom. The minimum Gasteiger partial charge on any atom is -0.385 e. The first-order valence-electron chi connectivity index (χ1n) is 7.39. The Kier molecular flexibility index (Phi) is 7.17. The molecule has 2 aliphatic rings. The van der Waals surface area contributed by atoms with Crippen LogP contribution in [0.2, 0.25) is 0 Å². The summed E-state index contributed by atoms with van der Waals surface area (Å²) in [5, 5.41) is 22.8. The van der Waals surface area contributed by atoms with Gasteiger partial charge >= 0.3 is 23.5 Å². The minimum absolute atomic E-state index is 0.209. The summed E-state index contributed by atoms with van der Waals surface area (Å²) >= 11 is 4.95. The van der Waals surface area contributed by atoms with Crippen molar-refractivity contribution in [3.63, 3.8) is 0 Å². The zero-order valence-electron chi connectivity index (χ0n) is 14.6. The van der Waals surface area contributed by atoms with E-state index in [1.165, 1.54) is 0 Å². The van der Waals surface area contributed by atoms with E-state index in [1.807, 2.05) is 0 Å². The second-order valence-corrected chi connectivity index (χ2v) is 10.8. The molecule has 6 atom stereocenters. The molecule has 0 spiro atoms. The van der Waals surface area contributed by atoms with Crippen LogP contribution in [0.25, 0.3) is 0 Å². The smallest absolute Gasteiger partial charge is 0.385 e. The maximum atomic E-state index is 13.8. The first-order chi connectivity index (χ1) is 13.3. The number of ether oxygens (including phenoxy) is 1. The average Bonchev–Trinajstić information content (AvgIpc) is 2.70. The fraction of sp³-hybridized carbons (Fsp3) is 0.500. The molecule has 0 aromatic heterocycles. The zero-order chi connectivity index (χ0) is 23.3. The van der Waals surface area contributed by atoms with Gasteiger partial charge in [0, 0.05) is 6.20 Å². The third-order valence-corrected chi connectivity index (χ3v) is 7.67. The van der Waals surface area contributed by atoms with Crippen molar-refractivity contribution in [2.24, 2.45) is 0 Å². The van der Waals surface area contributed by atoms with Crippen molar-refractivity contribution in [3.05, 3.63) is 24.3 Å². The zero-order valence-corrected chi connectivity index (χ0v) is 18.1. The van der Waals surface area contributed by atoms with E-state index in [-0.39, 0.29) is 10.8 Å². The number of aliphatic hydroxyl groups excluding tert-OH is 1. The van der Waals surface area contributed by atoms with Gasteiger partial charge in [-0.05, 0) is 19.1 Å². The van der Waals surface area contributed by atoms with Crippen LogP contribution in [0.15, 0.2) is 24.3 Å². The van der Waals surface area contributed by atoms with Gasteiger partial charge in [0.25, 0.3) is 0 Å². The van der Waals surface area contributed by atoms with Gasteiger partial charge in [0.05, 0.1) is 5.70 Å². The SMILES string of the molecule is C=C1NC(=S)N([C@@H]2OC(OP(=O)(O)OP(=O)(O)OP(=O)(O)O)C(O)[C@@]2(C)O)C=C1F. The lowest BCUT2D eigenvalue weighted by Gasteiger charge is -2.36. The number of thiocarbonyl (C=S) groups is 1. The molecule has 0 aromatic carbocycles. The summed E-state index contributed by atoms with van der Waals surface area (Å²) in [6.07, 6.45) is -5.30. The van der Waals surface area contributed by atoms with E-state index in [9.17, 15) is 33.2 Å². The number of rotatable bonds is 7. The molecule has 20 heteroatoms. The maximum Gasteiger partial charge on any atom is 0.490 e. The van der Waals surface area contributed by atoms with Gasteiger partial charge in [0.15, 0.2) is 17.2 Å². The molecule has 0 radical (unpaired) electrons. The van der Waals surface area contributed by atoms with Gasteiger partial charge in [-0.1, -0.05) is 6.58 Å². The van der Waals surface area contributed by atoms with Crippen LogP contribution in [0.4, 0.5) is 4.39 Å². The molecule has 2 aliphatic heterocycles. The van der Waals surface area contributed by atoms with Crippen molar-refractivity contribution >= 4 is 40.8 Å². The van der Waals surface area contributed by atoms with Gasteiger partial charge in [-0.3, -0.25) is 9.42 Å². The predicted octanol–water partition coefficient (Wildman–Crippen LogP) is -0.361. The maximum absolute atomic E-state index is 13.8. The van der Waals surface area contributed by atoms with Crippen molar-refractivity contribution in [1.82, 2.24) is 10.2 Å². The van der Waals surface area contributed by atoms with Crippen molar-refractivity contribution in [3.8, 4) is 0 Å². The van der Waals surface area contributed by atoms with Gasteiger partial charge in [-0.25, -0.2) is 18.1 Å². The van der Waals surface area contributed by atoms with Crippen molar-refractivity contribution < 1.29 is 65.8 Å². The fourth-order valence-electron chi connectivity index (χ4n) is 2.31. The average molecular weight is 516 g/mol. The predicted molar refractivity (Wildman–Crippen MR) is 96.1 cm³/mol. The molecule has 7 N–H and O–H groups in total. The molecule has 0 amide bonds. The molecule has 0 saturated carbocycles. The lowest BCUT2D eigenvalue weighted by molar-refractivity contribution is -0.137. The molecular formula is C10H16FN2O13P3S. The van der Waals surface area contributed by atoms with E-state index < -0.39 is 53.5 Å².